The molecule has 1 aromatic carbocycles. The lowest BCUT2D eigenvalue weighted by molar-refractivity contribution is -0.112. The zero-order chi connectivity index (χ0) is 15.2. The Balaban J connectivity index is 1.99. The first-order chi connectivity index (χ1) is 10.1. The van der Waals surface area contributed by atoms with E-state index >= 15 is 0 Å². The summed E-state index contributed by atoms with van der Waals surface area (Å²) in [6, 6.07) is 8.00. The third-order valence-corrected chi connectivity index (χ3v) is 3.60. The second kappa shape index (κ2) is 7.27. The largest absolute Gasteiger partial charge is 0.375 e. The summed E-state index contributed by atoms with van der Waals surface area (Å²) in [6.45, 7) is 8.53. The van der Waals surface area contributed by atoms with Gasteiger partial charge >= 0.3 is 0 Å². The maximum absolute atomic E-state index is 11.9. The van der Waals surface area contributed by atoms with E-state index < -0.39 is 0 Å². The molecule has 0 bridgehead atoms. The Hall–Kier alpha value is -1.81. The van der Waals surface area contributed by atoms with Gasteiger partial charge in [-0.3, -0.25) is 4.79 Å². The van der Waals surface area contributed by atoms with Crippen LogP contribution < -0.4 is 10.2 Å². The van der Waals surface area contributed by atoms with E-state index in [1.807, 2.05) is 44.2 Å². The normalized spacial score (nSPS) is 19.5. The molecule has 1 aliphatic rings. The highest BCUT2D eigenvalue weighted by molar-refractivity contribution is 6.03. The van der Waals surface area contributed by atoms with Crippen LogP contribution in [0.25, 0.3) is 0 Å². The predicted molar refractivity (Wildman–Crippen MR) is 86.7 cm³/mol. The van der Waals surface area contributed by atoms with E-state index in [2.05, 4.69) is 17.1 Å². The molecule has 1 aromatic rings. The minimum absolute atomic E-state index is 0.0374. The zero-order valence-electron chi connectivity index (χ0n) is 13.1. The van der Waals surface area contributed by atoms with Crippen molar-refractivity contribution in [2.75, 3.05) is 29.9 Å². The van der Waals surface area contributed by atoms with Crippen molar-refractivity contribution in [3.05, 3.63) is 35.9 Å². The number of nitrogens with zero attached hydrogens (tertiary/aromatic N) is 1. The topological polar surface area (TPSA) is 41.6 Å². The maximum atomic E-state index is 11.9. The number of ether oxygens (including phenoxy) is 1. The Morgan fingerprint density at radius 1 is 1.43 bits per heavy atom. The van der Waals surface area contributed by atoms with Gasteiger partial charge in [0.25, 0.3) is 5.91 Å². The summed E-state index contributed by atoms with van der Waals surface area (Å²) in [5.41, 5.74) is 2.75. The molecule has 114 valence electrons. The average molecular weight is 288 g/mol. The van der Waals surface area contributed by atoms with Crippen LogP contribution in [0.4, 0.5) is 11.4 Å². The summed E-state index contributed by atoms with van der Waals surface area (Å²) in [5.74, 6) is -0.0374. The third kappa shape index (κ3) is 4.33. The molecule has 21 heavy (non-hydrogen) atoms. The van der Waals surface area contributed by atoms with Gasteiger partial charge in [-0.15, -0.1) is 0 Å². The fraction of sp³-hybridized carbons (Fsp3) is 0.471. The SMILES string of the molecule is CC/C=C(\C)C(=O)Nc1ccc(N2CCOC(C)C2)cc1. The molecular formula is C17H24N2O2. The lowest BCUT2D eigenvalue weighted by Crippen LogP contribution is -2.41. The van der Waals surface area contributed by atoms with Crippen LogP contribution in [0, 0.1) is 0 Å². The number of carbonyl (C=O) groups excluding carboxylic acids is 1. The summed E-state index contributed by atoms with van der Waals surface area (Å²) < 4.78 is 5.55. The number of rotatable bonds is 4. The number of hydrogen-bond donors (Lipinski definition) is 1. The van der Waals surface area contributed by atoms with Crippen molar-refractivity contribution < 1.29 is 9.53 Å². The van der Waals surface area contributed by atoms with Crippen LogP contribution in [0.5, 0.6) is 0 Å². The average Bonchev–Trinajstić information content (AvgIpc) is 2.48. The lowest BCUT2D eigenvalue weighted by Gasteiger charge is -2.33. The minimum Gasteiger partial charge on any atom is -0.375 e. The van der Waals surface area contributed by atoms with Crippen molar-refractivity contribution in [3.8, 4) is 0 Å². The van der Waals surface area contributed by atoms with Gasteiger partial charge < -0.3 is 15.0 Å². The number of anilines is 2. The standard InChI is InChI=1S/C17H24N2O2/c1-4-5-13(2)17(20)18-15-6-8-16(9-7-15)19-10-11-21-14(3)12-19/h5-9,14H,4,10-12H2,1-3H3,(H,18,20)/b13-5+. The summed E-state index contributed by atoms with van der Waals surface area (Å²) in [5, 5.41) is 2.91. The van der Waals surface area contributed by atoms with Crippen LogP contribution in [-0.2, 0) is 9.53 Å². The highest BCUT2D eigenvalue weighted by atomic mass is 16.5. The highest BCUT2D eigenvalue weighted by Crippen LogP contribution is 2.20. The molecule has 1 saturated heterocycles. The number of morpholine rings is 1. The van der Waals surface area contributed by atoms with E-state index in [-0.39, 0.29) is 12.0 Å². The van der Waals surface area contributed by atoms with Crippen molar-refractivity contribution in [1.29, 1.82) is 0 Å². The third-order valence-electron chi connectivity index (χ3n) is 3.60. The smallest absolute Gasteiger partial charge is 0.250 e. The van der Waals surface area contributed by atoms with Gasteiger partial charge in [0.2, 0.25) is 0 Å². The Labute approximate surface area is 126 Å². The van der Waals surface area contributed by atoms with Gasteiger partial charge in [0, 0.05) is 30.0 Å². The first kappa shape index (κ1) is 15.6. The van der Waals surface area contributed by atoms with Crippen LogP contribution in [0.1, 0.15) is 27.2 Å². The number of hydrogen-bond acceptors (Lipinski definition) is 3. The van der Waals surface area contributed by atoms with Crippen LogP contribution in [0.2, 0.25) is 0 Å². The molecule has 1 atom stereocenters. The van der Waals surface area contributed by atoms with Crippen LogP contribution in [0.3, 0.4) is 0 Å². The predicted octanol–water partition coefficient (Wildman–Crippen LogP) is 3.21. The van der Waals surface area contributed by atoms with Gasteiger partial charge in [-0.25, -0.2) is 0 Å². The van der Waals surface area contributed by atoms with E-state index in [9.17, 15) is 4.79 Å². The zero-order valence-corrected chi connectivity index (χ0v) is 13.1. The molecule has 1 unspecified atom stereocenters. The molecule has 2 rings (SSSR count). The molecule has 0 aliphatic carbocycles. The van der Waals surface area contributed by atoms with Gasteiger partial charge in [0.05, 0.1) is 12.7 Å². The van der Waals surface area contributed by atoms with Crippen molar-refractivity contribution >= 4 is 17.3 Å². The summed E-state index contributed by atoms with van der Waals surface area (Å²) >= 11 is 0. The van der Waals surface area contributed by atoms with Crippen molar-refractivity contribution in [1.82, 2.24) is 0 Å². The minimum atomic E-state index is -0.0374. The molecule has 0 saturated carbocycles. The summed E-state index contributed by atoms with van der Waals surface area (Å²) in [4.78, 5) is 14.2. The number of carbonyl (C=O) groups is 1. The number of amides is 1. The Morgan fingerprint density at radius 3 is 2.76 bits per heavy atom. The van der Waals surface area contributed by atoms with E-state index in [1.54, 1.807) is 0 Å². The molecule has 4 heteroatoms. The van der Waals surface area contributed by atoms with Crippen molar-refractivity contribution in [2.45, 2.75) is 33.3 Å². The second-order valence-electron chi connectivity index (χ2n) is 5.42. The van der Waals surface area contributed by atoms with Crippen LogP contribution in [0.15, 0.2) is 35.9 Å². The molecule has 0 radical (unpaired) electrons. The van der Waals surface area contributed by atoms with Crippen LogP contribution in [-0.4, -0.2) is 31.7 Å². The molecule has 1 heterocycles. The fourth-order valence-electron chi connectivity index (χ4n) is 2.44. The number of nitrogens with one attached hydrogen (secondary N) is 1. The molecule has 4 nitrogen and oxygen atoms in total. The fourth-order valence-corrected chi connectivity index (χ4v) is 2.44. The Morgan fingerprint density at radius 2 is 2.14 bits per heavy atom. The van der Waals surface area contributed by atoms with E-state index in [4.69, 9.17) is 4.74 Å². The maximum Gasteiger partial charge on any atom is 0.250 e. The molecule has 0 aromatic heterocycles. The van der Waals surface area contributed by atoms with Gasteiger partial charge in [-0.2, -0.15) is 0 Å². The molecule has 1 aliphatic heterocycles. The van der Waals surface area contributed by atoms with Gasteiger partial charge in [-0.1, -0.05) is 13.0 Å². The first-order valence-electron chi connectivity index (χ1n) is 7.55. The van der Waals surface area contributed by atoms with Crippen molar-refractivity contribution in [3.63, 3.8) is 0 Å². The monoisotopic (exact) mass is 288 g/mol. The quantitative estimate of drug-likeness (QED) is 0.865. The molecular weight excluding hydrogens is 264 g/mol. The van der Waals surface area contributed by atoms with Crippen molar-refractivity contribution in [2.24, 2.45) is 0 Å². The summed E-state index contributed by atoms with van der Waals surface area (Å²) in [7, 11) is 0. The van der Waals surface area contributed by atoms with Gasteiger partial charge in [0.15, 0.2) is 0 Å². The molecule has 1 N–H and O–H groups in total. The van der Waals surface area contributed by atoms with Gasteiger partial charge in [-0.05, 0) is 44.5 Å². The molecule has 0 spiro atoms. The van der Waals surface area contributed by atoms with E-state index in [0.29, 0.717) is 0 Å². The molecule has 1 amide bonds. The summed E-state index contributed by atoms with van der Waals surface area (Å²) in [6.07, 6.45) is 3.06. The van der Waals surface area contributed by atoms with E-state index in [0.717, 1.165) is 37.4 Å². The Kier molecular flexibility index (Phi) is 5.39. The first-order valence-corrected chi connectivity index (χ1v) is 7.55. The highest BCUT2D eigenvalue weighted by Gasteiger charge is 2.16. The second-order valence-corrected chi connectivity index (χ2v) is 5.42. The number of benzene rings is 1. The molecule has 1 fully saturated rings. The lowest BCUT2D eigenvalue weighted by atomic mass is 10.2. The van der Waals surface area contributed by atoms with E-state index in [1.165, 1.54) is 5.69 Å². The van der Waals surface area contributed by atoms with Gasteiger partial charge in [0.1, 0.15) is 0 Å². The van der Waals surface area contributed by atoms with Crippen LogP contribution >= 0.6 is 0 Å². The Bertz CT molecular complexity index is 508. The number of allylic oxidation sites excluding steroid dienone is 1.